The van der Waals surface area contributed by atoms with Gasteiger partial charge in [-0.1, -0.05) is 12.2 Å². The largest absolute Gasteiger partial charge is 0.353 e. The highest BCUT2D eigenvalue weighted by Gasteiger charge is 2.23. The Morgan fingerprint density at radius 1 is 1.21 bits per heavy atom. The highest BCUT2D eigenvalue weighted by Crippen LogP contribution is 2.22. The van der Waals surface area contributed by atoms with E-state index in [-0.39, 0.29) is 17.8 Å². The number of rotatable bonds is 6. The molecule has 1 aromatic heterocycles. The molecule has 5 nitrogen and oxygen atoms in total. The second kappa shape index (κ2) is 8.91. The quantitative estimate of drug-likeness (QED) is 0.758. The summed E-state index contributed by atoms with van der Waals surface area (Å²) >= 11 is 0. The van der Waals surface area contributed by atoms with Crippen LogP contribution in [-0.4, -0.2) is 39.7 Å². The van der Waals surface area contributed by atoms with Crippen LogP contribution in [0.3, 0.4) is 0 Å². The van der Waals surface area contributed by atoms with E-state index >= 15 is 0 Å². The summed E-state index contributed by atoms with van der Waals surface area (Å²) in [4.78, 5) is 14.7. The fraction of sp³-hybridized carbons (Fsp3) is 0.478. The minimum Gasteiger partial charge on any atom is -0.353 e. The Morgan fingerprint density at radius 3 is 2.66 bits per heavy atom. The van der Waals surface area contributed by atoms with E-state index in [0.29, 0.717) is 12.3 Å². The highest BCUT2D eigenvalue weighted by atomic mass is 19.1. The number of likely N-dealkylation sites (tertiary alicyclic amines) is 1. The van der Waals surface area contributed by atoms with E-state index in [0.717, 1.165) is 62.3 Å². The molecular weight excluding hydrogens is 367 g/mol. The van der Waals surface area contributed by atoms with Crippen LogP contribution in [0.1, 0.15) is 37.8 Å². The number of aromatic nitrogens is 2. The van der Waals surface area contributed by atoms with Gasteiger partial charge >= 0.3 is 0 Å². The molecule has 1 saturated heterocycles. The topological polar surface area (TPSA) is 50.2 Å². The normalized spacial score (nSPS) is 20.3. The lowest BCUT2D eigenvalue weighted by molar-refractivity contribution is -0.122. The molecule has 1 aromatic carbocycles. The first kappa shape index (κ1) is 19.8. The van der Waals surface area contributed by atoms with Crippen molar-refractivity contribution in [1.29, 1.82) is 0 Å². The average molecular weight is 397 g/mol. The van der Waals surface area contributed by atoms with Gasteiger partial charge in [0.15, 0.2) is 0 Å². The number of hydrogen-bond acceptors (Lipinski definition) is 3. The van der Waals surface area contributed by atoms with Crippen LogP contribution in [0.4, 0.5) is 4.39 Å². The van der Waals surface area contributed by atoms with Gasteiger partial charge in [0.05, 0.1) is 11.4 Å². The molecule has 1 fully saturated rings. The molecule has 0 radical (unpaired) electrons. The number of carbonyl (C=O) groups is 1. The Labute approximate surface area is 171 Å². The van der Waals surface area contributed by atoms with Crippen LogP contribution in [0.25, 0.3) is 11.3 Å². The molecule has 6 heteroatoms. The van der Waals surface area contributed by atoms with Crippen molar-refractivity contribution in [3.63, 3.8) is 0 Å². The van der Waals surface area contributed by atoms with E-state index in [9.17, 15) is 9.18 Å². The molecule has 1 amide bonds. The van der Waals surface area contributed by atoms with Crippen LogP contribution in [-0.2, 0) is 18.4 Å². The van der Waals surface area contributed by atoms with E-state index in [4.69, 9.17) is 0 Å². The van der Waals surface area contributed by atoms with Crippen LogP contribution < -0.4 is 5.32 Å². The summed E-state index contributed by atoms with van der Waals surface area (Å²) < 4.78 is 15.1. The van der Waals surface area contributed by atoms with Gasteiger partial charge in [0.1, 0.15) is 5.82 Å². The number of piperidine rings is 1. The molecule has 1 N–H and O–H groups in total. The maximum Gasteiger partial charge on any atom is 0.220 e. The van der Waals surface area contributed by atoms with Crippen LogP contribution in [0, 0.1) is 11.7 Å². The van der Waals surface area contributed by atoms with Crippen molar-refractivity contribution in [2.45, 2.75) is 44.7 Å². The third-order valence-corrected chi connectivity index (χ3v) is 6.01. The van der Waals surface area contributed by atoms with Gasteiger partial charge in [0.25, 0.3) is 0 Å². The predicted molar refractivity (Wildman–Crippen MR) is 112 cm³/mol. The zero-order chi connectivity index (χ0) is 20.2. The smallest absolute Gasteiger partial charge is 0.220 e. The molecule has 1 aliphatic carbocycles. The summed E-state index contributed by atoms with van der Waals surface area (Å²) in [6.45, 7) is 2.76. The first-order chi connectivity index (χ1) is 14.1. The second-order valence-corrected chi connectivity index (χ2v) is 8.24. The molecule has 0 bridgehead atoms. The van der Waals surface area contributed by atoms with Crippen molar-refractivity contribution in [3.8, 4) is 11.3 Å². The van der Waals surface area contributed by atoms with E-state index in [1.54, 1.807) is 12.1 Å². The minimum absolute atomic E-state index is 0.190. The molecule has 29 heavy (non-hydrogen) atoms. The van der Waals surface area contributed by atoms with Gasteiger partial charge in [-0.15, -0.1) is 0 Å². The lowest BCUT2D eigenvalue weighted by atomic mass is 10.0. The fourth-order valence-corrected chi connectivity index (χ4v) is 4.27. The monoisotopic (exact) mass is 396 g/mol. The van der Waals surface area contributed by atoms with Crippen LogP contribution >= 0.6 is 0 Å². The zero-order valence-corrected chi connectivity index (χ0v) is 17.0. The fourth-order valence-electron chi connectivity index (χ4n) is 4.27. The molecule has 4 rings (SSSR count). The summed E-state index contributed by atoms with van der Waals surface area (Å²) in [6.07, 6.45) is 9.15. The molecular formula is C23H29FN4O. The summed E-state index contributed by atoms with van der Waals surface area (Å²) in [5.41, 5.74) is 2.93. The Balaban J connectivity index is 1.27. The van der Waals surface area contributed by atoms with Crippen molar-refractivity contribution >= 4 is 5.91 Å². The van der Waals surface area contributed by atoms with Crippen LogP contribution in [0.5, 0.6) is 0 Å². The minimum atomic E-state index is -0.237. The van der Waals surface area contributed by atoms with Gasteiger partial charge in [-0.2, -0.15) is 5.10 Å². The number of nitrogens with zero attached hydrogens (tertiary/aromatic N) is 3. The Kier molecular flexibility index (Phi) is 6.09. The van der Waals surface area contributed by atoms with Gasteiger partial charge < -0.3 is 5.32 Å². The first-order valence-electron chi connectivity index (χ1n) is 10.5. The van der Waals surface area contributed by atoms with Crippen molar-refractivity contribution < 1.29 is 9.18 Å². The van der Waals surface area contributed by atoms with E-state index < -0.39 is 0 Å². The third kappa shape index (κ3) is 5.12. The maximum absolute atomic E-state index is 13.1. The number of nitrogens with one attached hydrogen (secondary N) is 1. The highest BCUT2D eigenvalue weighted by molar-refractivity contribution is 5.76. The number of amides is 1. The second-order valence-electron chi connectivity index (χ2n) is 8.24. The number of hydrogen-bond donors (Lipinski definition) is 1. The summed E-state index contributed by atoms with van der Waals surface area (Å²) in [7, 11) is 1.95. The van der Waals surface area contributed by atoms with Crippen LogP contribution in [0.15, 0.2) is 42.5 Å². The SMILES string of the molecule is Cn1nc(-c2ccc(F)cc2)cc1CN1CCC(NC(=O)C[C@@H]2C=CCC2)CC1. The molecule has 1 atom stereocenters. The lowest BCUT2D eigenvalue weighted by Gasteiger charge is -2.32. The number of allylic oxidation sites excluding steroid dienone is 2. The molecule has 154 valence electrons. The van der Waals surface area contributed by atoms with E-state index in [1.807, 2.05) is 11.7 Å². The molecule has 0 saturated carbocycles. The summed E-state index contributed by atoms with van der Waals surface area (Å²) in [5, 5.41) is 7.81. The third-order valence-electron chi connectivity index (χ3n) is 6.01. The van der Waals surface area contributed by atoms with E-state index in [2.05, 4.69) is 33.5 Å². The van der Waals surface area contributed by atoms with Crippen molar-refractivity contribution in [2.75, 3.05) is 13.1 Å². The van der Waals surface area contributed by atoms with Crippen molar-refractivity contribution in [3.05, 3.63) is 54.0 Å². The standard InChI is InChI=1S/C23H29FN4O/c1-27-21(15-22(26-27)18-6-8-19(24)9-7-18)16-28-12-10-20(11-13-28)25-23(29)14-17-4-2-3-5-17/h2,4,6-9,15,17,20H,3,5,10-14,16H2,1H3,(H,25,29)/t17-/m1/s1. The van der Waals surface area contributed by atoms with Gasteiger partial charge in [-0.05, 0) is 61.9 Å². The van der Waals surface area contributed by atoms with Gasteiger partial charge in [0.2, 0.25) is 5.91 Å². The Morgan fingerprint density at radius 2 is 1.97 bits per heavy atom. The predicted octanol–water partition coefficient (Wildman–Crippen LogP) is 3.66. The van der Waals surface area contributed by atoms with Gasteiger partial charge in [0, 0.05) is 44.7 Å². The summed E-state index contributed by atoms with van der Waals surface area (Å²) in [6, 6.07) is 8.81. The molecule has 2 heterocycles. The van der Waals surface area contributed by atoms with E-state index in [1.165, 1.54) is 12.1 Å². The Hall–Kier alpha value is -2.47. The number of halogens is 1. The van der Waals surface area contributed by atoms with Crippen LogP contribution in [0.2, 0.25) is 0 Å². The lowest BCUT2D eigenvalue weighted by Crippen LogP contribution is -2.44. The van der Waals surface area contributed by atoms with Gasteiger partial charge in [-0.3, -0.25) is 14.4 Å². The number of benzene rings is 1. The first-order valence-corrected chi connectivity index (χ1v) is 10.5. The average Bonchev–Trinajstić information content (AvgIpc) is 3.34. The number of aryl methyl sites for hydroxylation is 1. The molecule has 1 aliphatic heterocycles. The maximum atomic E-state index is 13.1. The number of carbonyl (C=O) groups excluding carboxylic acids is 1. The molecule has 2 aromatic rings. The molecule has 0 spiro atoms. The zero-order valence-electron chi connectivity index (χ0n) is 17.0. The van der Waals surface area contributed by atoms with Crippen molar-refractivity contribution in [2.24, 2.45) is 13.0 Å². The molecule has 0 unspecified atom stereocenters. The van der Waals surface area contributed by atoms with Crippen molar-refractivity contribution in [1.82, 2.24) is 20.0 Å². The summed E-state index contributed by atoms with van der Waals surface area (Å²) in [5.74, 6) is 0.380. The Bertz CT molecular complexity index is 866. The van der Waals surface area contributed by atoms with Gasteiger partial charge in [-0.25, -0.2) is 4.39 Å². The molecule has 2 aliphatic rings.